The van der Waals surface area contributed by atoms with Crippen molar-refractivity contribution in [3.8, 4) is 5.75 Å². The Hall–Kier alpha value is -2.44. The van der Waals surface area contributed by atoms with Crippen molar-refractivity contribution in [2.24, 2.45) is 0 Å². The van der Waals surface area contributed by atoms with Gasteiger partial charge in [-0.15, -0.1) is 0 Å². The fourth-order valence-electron chi connectivity index (χ4n) is 2.64. The minimum Gasteiger partial charge on any atom is -0.497 e. The number of aromatic nitrogens is 1. The monoisotopic (exact) mass is 441 g/mol. The van der Waals surface area contributed by atoms with Gasteiger partial charge in [0.2, 0.25) is 0 Å². The van der Waals surface area contributed by atoms with Crippen molar-refractivity contribution in [2.75, 3.05) is 12.4 Å². The highest BCUT2D eigenvalue weighted by Crippen LogP contribution is 2.18. The second-order valence-corrected chi connectivity index (χ2v) is 7.31. The van der Waals surface area contributed by atoms with Gasteiger partial charge in [0, 0.05) is 35.6 Å². The van der Waals surface area contributed by atoms with Gasteiger partial charge in [-0.3, -0.25) is 4.98 Å². The number of halogens is 1. The molecule has 1 N–H and O–H groups in total. The molecule has 0 spiro atoms. The number of hydrogen-bond donors (Lipinski definition) is 1. The average Bonchev–Trinajstić information content (AvgIpc) is 2.70. The van der Waals surface area contributed by atoms with E-state index in [0.717, 1.165) is 27.0 Å². The smallest absolute Gasteiger partial charge is 0.174 e. The molecule has 0 atom stereocenters. The van der Waals surface area contributed by atoms with Crippen molar-refractivity contribution >= 4 is 38.9 Å². The van der Waals surface area contributed by atoms with Gasteiger partial charge in [-0.05, 0) is 65.8 Å². The molecule has 0 aliphatic heterocycles. The van der Waals surface area contributed by atoms with Crippen LogP contribution in [0.2, 0.25) is 0 Å². The molecule has 0 saturated carbocycles. The highest BCUT2D eigenvalue weighted by Gasteiger charge is 2.12. The minimum absolute atomic E-state index is 0.656. The zero-order valence-electron chi connectivity index (χ0n) is 14.9. The lowest BCUT2D eigenvalue weighted by Gasteiger charge is -2.26. The van der Waals surface area contributed by atoms with Crippen LogP contribution in [0, 0.1) is 0 Å². The van der Waals surface area contributed by atoms with Crippen LogP contribution in [0.4, 0.5) is 5.69 Å². The Bertz CT molecular complexity index is 887. The zero-order chi connectivity index (χ0) is 19.1. The third-order valence-electron chi connectivity index (χ3n) is 3.99. The van der Waals surface area contributed by atoms with E-state index in [0.29, 0.717) is 18.2 Å². The number of hydrogen-bond acceptors (Lipinski definition) is 3. The molecule has 0 aliphatic carbocycles. The van der Waals surface area contributed by atoms with Crippen LogP contribution in [0.15, 0.2) is 77.5 Å². The molecule has 0 unspecified atom stereocenters. The predicted molar refractivity (Wildman–Crippen MR) is 117 cm³/mol. The van der Waals surface area contributed by atoms with E-state index in [2.05, 4.69) is 37.2 Å². The molecular weight excluding hydrogens is 422 g/mol. The van der Waals surface area contributed by atoms with Crippen LogP contribution in [0.1, 0.15) is 11.1 Å². The first-order chi connectivity index (χ1) is 13.1. The number of methoxy groups -OCH3 is 1. The fraction of sp³-hybridized carbons (Fsp3) is 0.143. The Balaban J connectivity index is 1.79. The van der Waals surface area contributed by atoms with Crippen molar-refractivity contribution in [3.63, 3.8) is 0 Å². The molecule has 2 aromatic carbocycles. The Morgan fingerprint density at radius 2 is 1.81 bits per heavy atom. The topological polar surface area (TPSA) is 37.4 Å². The summed E-state index contributed by atoms with van der Waals surface area (Å²) in [5.74, 6) is 0.834. The van der Waals surface area contributed by atoms with Crippen LogP contribution in [-0.2, 0) is 13.1 Å². The second kappa shape index (κ2) is 9.48. The van der Waals surface area contributed by atoms with Crippen LogP contribution >= 0.6 is 28.1 Å². The first-order valence-corrected chi connectivity index (χ1v) is 9.67. The van der Waals surface area contributed by atoms with Crippen LogP contribution in [0.5, 0.6) is 5.75 Å². The van der Waals surface area contributed by atoms with Gasteiger partial charge in [0.15, 0.2) is 5.11 Å². The van der Waals surface area contributed by atoms with E-state index in [1.54, 1.807) is 13.3 Å². The number of anilines is 1. The van der Waals surface area contributed by atoms with E-state index >= 15 is 0 Å². The van der Waals surface area contributed by atoms with Gasteiger partial charge >= 0.3 is 0 Å². The third kappa shape index (κ3) is 5.77. The standard InChI is InChI=1S/C21H20BrN3OS/c1-26-20-6-2-4-16(12-20)14-25(15-17-5-3-11-23-13-17)21(27)24-19-9-7-18(22)8-10-19/h2-13H,14-15H2,1H3,(H,24,27). The first-order valence-electron chi connectivity index (χ1n) is 8.47. The second-order valence-electron chi connectivity index (χ2n) is 6.01. The highest BCUT2D eigenvalue weighted by molar-refractivity contribution is 9.10. The maximum atomic E-state index is 5.70. The summed E-state index contributed by atoms with van der Waals surface area (Å²) in [6.45, 7) is 1.32. The molecule has 1 heterocycles. The number of nitrogens with one attached hydrogen (secondary N) is 1. The Morgan fingerprint density at radius 3 is 2.52 bits per heavy atom. The van der Waals surface area contributed by atoms with Gasteiger partial charge in [0.05, 0.1) is 7.11 Å². The van der Waals surface area contributed by atoms with E-state index in [9.17, 15) is 0 Å². The molecule has 6 heteroatoms. The van der Waals surface area contributed by atoms with Crippen LogP contribution in [0.3, 0.4) is 0 Å². The Morgan fingerprint density at radius 1 is 1.07 bits per heavy atom. The summed E-state index contributed by atoms with van der Waals surface area (Å²) in [6, 6.07) is 20.0. The molecule has 0 saturated heterocycles. The fourth-order valence-corrected chi connectivity index (χ4v) is 3.15. The van der Waals surface area contributed by atoms with Gasteiger partial charge < -0.3 is 15.0 Å². The zero-order valence-corrected chi connectivity index (χ0v) is 17.3. The van der Waals surface area contributed by atoms with Crippen LogP contribution in [0.25, 0.3) is 0 Å². The van der Waals surface area contributed by atoms with Crippen LogP contribution in [-0.4, -0.2) is 22.1 Å². The van der Waals surface area contributed by atoms with Gasteiger partial charge in [0.25, 0.3) is 0 Å². The number of rotatable bonds is 6. The largest absolute Gasteiger partial charge is 0.497 e. The molecular formula is C21H20BrN3OS. The van der Waals surface area contributed by atoms with E-state index in [4.69, 9.17) is 17.0 Å². The molecule has 138 valence electrons. The van der Waals surface area contributed by atoms with Crippen molar-refractivity contribution < 1.29 is 4.74 Å². The van der Waals surface area contributed by atoms with Crippen molar-refractivity contribution in [2.45, 2.75) is 13.1 Å². The molecule has 27 heavy (non-hydrogen) atoms. The number of benzene rings is 2. The number of pyridine rings is 1. The van der Waals surface area contributed by atoms with E-state index in [1.165, 1.54) is 0 Å². The number of nitrogens with zero attached hydrogens (tertiary/aromatic N) is 2. The molecule has 0 aliphatic rings. The summed E-state index contributed by atoms with van der Waals surface area (Å²) in [5, 5.41) is 3.98. The molecule has 0 bridgehead atoms. The molecule has 1 aromatic heterocycles. The van der Waals surface area contributed by atoms with Crippen molar-refractivity contribution in [1.82, 2.24) is 9.88 Å². The Kier molecular flexibility index (Phi) is 6.79. The maximum absolute atomic E-state index is 5.70. The van der Waals surface area contributed by atoms with Crippen molar-refractivity contribution in [3.05, 3.63) is 88.7 Å². The molecule has 3 rings (SSSR count). The molecule has 3 aromatic rings. The minimum atomic E-state index is 0.656. The van der Waals surface area contributed by atoms with Gasteiger partial charge in [-0.1, -0.05) is 34.1 Å². The number of thiocarbonyl (C=S) groups is 1. The van der Waals surface area contributed by atoms with Crippen molar-refractivity contribution in [1.29, 1.82) is 0 Å². The first kappa shape index (κ1) is 19.3. The van der Waals surface area contributed by atoms with E-state index < -0.39 is 0 Å². The predicted octanol–water partition coefficient (Wildman–Crippen LogP) is 5.25. The normalized spacial score (nSPS) is 10.3. The maximum Gasteiger partial charge on any atom is 0.174 e. The van der Waals surface area contributed by atoms with Gasteiger partial charge in [-0.2, -0.15) is 0 Å². The molecule has 4 nitrogen and oxygen atoms in total. The van der Waals surface area contributed by atoms with Crippen LogP contribution < -0.4 is 10.1 Å². The molecule has 0 fully saturated rings. The quantitative estimate of drug-likeness (QED) is 0.528. The average molecular weight is 442 g/mol. The summed E-state index contributed by atoms with van der Waals surface area (Å²) >= 11 is 9.15. The van der Waals surface area contributed by atoms with E-state index in [-0.39, 0.29) is 0 Å². The lowest BCUT2D eigenvalue weighted by atomic mass is 10.2. The summed E-state index contributed by atoms with van der Waals surface area (Å²) < 4.78 is 6.37. The summed E-state index contributed by atoms with van der Waals surface area (Å²) in [5.41, 5.74) is 3.17. The summed E-state index contributed by atoms with van der Waals surface area (Å²) in [4.78, 5) is 6.32. The lowest BCUT2D eigenvalue weighted by molar-refractivity contribution is 0.401. The SMILES string of the molecule is COc1cccc(CN(Cc2cccnc2)C(=S)Nc2ccc(Br)cc2)c1. The molecule has 0 radical (unpaired) electrons. The van der Waals surface area contributed by atoms with E-state index in [1.807, 2.05) is 60.8 Å². The molecule has 0 amide bonds. The third-order valence-corrected chi connectivity index (χ3v) is 4.88. The highest BCUT2D eigenvalue weighted by atomic mass is 79.9. The van der Waals surface area contributed by atoms with Gasteiger partial charge in [-0.25, -0.2) is 0 Å². The Labute approximate surface area is 173 Å². The summed E-state index contributed by atoms with van der Waals surface area (Å²) in [6.07, 6.45) is 3.63. The number of ether oxygens (including phenoxy) is 1. The lowest BCUT2D eigenvalue weighted by Crippen LogP contribution is -2.33. The van der Waals surface area contributed by atoms with Gasteiger partial charge in [0.1, 0.15) is 5.75 Å². The summed E-state index contributed by atoms with van der Waals surface area (Å²) in [7, 11) is 1.67.